The highest BCUT2D eigenvalue weighted by Crippen LogP contribution is 2.21. The van der Waals surface area contributed by atoms with Gasteiger partial charge in [0.15, 0.2) is 0 Å². The molecule has 0 spiro atoms. The summed E-state index contributed by atoms with van der Waals surface area (Å²) in [6, 6.07) is 7.51. The molecule has 6 heteroatoms. The Hall–Kier alpha value is -2.08. The monoisotopic (exact) mass is 362 g/mol. The number of carbonyl (C=O) groups is 2. The number of rotatable bonds is 6. The zero-order valence-corrected chi connectivity index (χ0v) is 16.2. The van der Waals surface area contributed by atoms with Crippen LogP contribution in [0.2, 0.25) is 0 Å². The molecule has 2 amide bonds. The summed E-state index contributed by atoms with van der Waals surface area (Å²) in [5, 5.41) is 2.93. The normalized spacial score (nSPS) is 17.2. The first kappa shape index (κ1) is 20.2. The van der Waals surface area contributed by atoms with E-state index in [1.54, 1.807) is 0 Å². The molecule has 1 N–H and O–H groups in total. The van der Waals surface area contributed by atoms with Crippen molar-refractivity contribution < 1.29 is 19.1 Å². The molecule has 1 aliphatic rings. The van der Waals surface area contributed by atoms with Gasteiger partial charge in [0.1, 0.15) is 11.6 Å². The van der Waals surface area contributed by atoms with Crippen molar-refractivity contribution in [3.8, 4) is 0 Å². The van der Waals surface area contributed by atoms with Crippen molar-refractivity contribution in [2.45, 2.75) is 65.3 Å². The van der Waals surface area contributed by atoms with Gasteiger partial charge in [0.05, 0.1) is 6.61 Å². The van der Waals surface area contributed by atoms with Crippen molar-refractivity contribution in [3.63, 3.8) is 0 Å². The minimum absolute atomic E-state index is 0.133. The number of nitrogens with one attached hydrogen (secondary N) is 1. The molecule has 1 aromatic rings. The summed E-state index contributed by atoms with van der Waals surface area (Å²) >= 11 is 0. The van der Waals surface area contributed by atoms with Gasteiger partial charge in [0.2, 0.25) is 5.91 Å². The third-order valence-electron chi connectivity index (χ3n) is 4.15. The van der Waals surface area contributed by atoms with Crippen LogP contribution in [-0.4, -0.2) is 41.7 Å². The van der Waals surface area contributed by atoms with Crippen LogP contribution in [0.4, 0.5) is 4.79 Å². The van der Waals surface area contributed by atoms with Gasteiger partial charge in [0, 0.05) is 19.7 Å². The molecule has 6 nitrogen and oxygen atoms in total. The van der Waals surface area contributed by atoms with Crippen molar-refractivity contribution in [2.75, 3.05) is 13.2 Å². The van der Waals surface area contributed by atoms with E-state index in [0.717, 1.165) is 17.5 Å². The van der Waals surface area contributed by atoms with Gasteiger partial charge in [-0.05, 0) is 51.7 Å². The summed E-state index contributed by atoms with van der Waals surface area (Å²) < 4.78 is 10.8. The van der Waals surface area contributed by atoms with E-state index < -0.39 is 17.7 Å². The second-order valence-corrected chi connectivity index (χ2v) is 7.50. The lowest BCUT2D eigenvalue weighted by atomic mass is 10.1. The molecule has 0 saturated carbocycles. The number of benzene rings is 1. The lowest BCUT2D eigenvalue weighted by Gasteiger charge is -2.28. The summed E-state index contributed by atoms with van der Waals surface area (Å²) in [6.45, 7) is 9.71. The summed E-state index contributed by atoms with van der Waals surface area (Å²) in [4.78, 5) is 26.3. The van der Waals surface area contributed by atoms with Crippen LogP contribution in [0.1, 0.15) is 51.7 Å². The molecular formula is C20H30N2O4. The Morgan fingerprint density at radius 2 is 1.85 bits per heavy atom. The van der Waals surface area contributed by atoms with Crippen LogP contribution >= 0.6 is 0 Å². The average Bonchev–Trinajstić information content (AvgIpc) is 3.07. The van der Waals surface area contributed by atoms with E-state index in [-0.39, 0.29) is 5.91 Å². The summed E-state index contributed by atoms with van der Waals surface area (Å²) in [5.41, 5.74) is 1.55. The molecule has 26 heavy (non-hydrogen) atoms. The second-order valence-electron chi connectivity index (χ2n) is 7.50. The molecule has 144 valence electrons. The first-order valence-corrected chi connectivity index (χ1v) is 9.23. The summed E-state index contributed by atoms with van der Waals surface area (Å²) in [7, 11) is 0. The standard InChI is InChI=1S/C20H30N2O4/c1-5-25-14-16-10-8-15(9-11-16)13-21-18(23)17-7-6-12-22(17)19(24)26-20(2,3)4/h8-11,17H,5-7,12-14H2,1-4H3,(H,21,23). The molecule has 1 aliphatic heterocycles. The van der Waals surface area contributed by atoms with Crippen LogP contribution in [-0.2, 0) is 27.4 Å². The van der Waals surface area contributed by atoms with Gasteiger partial charge in [-0.3, -0.25) is 9.69 Å². The van der Waals surface area contributed by atoms with E-state index in [1.807, 2.05) is 52.0 Å². The van der Waals surface area contributed by atoms with E-state index in [2.05, 4.69) is 5.32 Å². The minimum Gasteiger partial charge on any atom is -0.444 e. The van der Waals surface area contributed by atoms with Gasteiger partial charge in [-0.15, -0.1) is 0 Å². The second kappa shape index (κ2) is 9.03. The molecule has 0 aliphatic carbocycles. The van der Waals surface area contributed by atoms with Crippen LogP contribution in [0, 0.1) is 0 Å². The van der Waals surface area contributed by atoms with Gasteiger partial charge >= 0.3 is 6.09 Å². The third-order valence-corrected chi connectivity index (χ3v) is 4.15. The molecule has 1 aromatic carbocycles. The van der Waals surface area contributed by atoms with E-state index in [1.165, 1.54) is 4.90 Å². The Bertz CT molecular complexity index is 607. The molecule has 0 aromatic heterocycles. The highest BCUT2D eigenvalue weighted by Gasteiger charge is 2.36. The van der Waals surface area contributed by atoms with Gasteiger partial charge in [-0.2, -0.15) is 0 Å². The minimum atomic E-state index is -0.566. The van der Waals surface area contributed by atoms with Gasteiger partial charge < -0.3 is 14.8 Å². The first-order valence-electron chi connectivity index (χ1n) is 9.23. The zero-order valence-electron chi connectivity index (χ0n) is 16.2. The Morgan fingerprint density at radius 3 is 2.46 bits per heavy atom. The van der Waals surface area contributed by atoms with Crippen molar-refractivity contribution in [1.29, 1.82) is 0 Å². The fourth-order valence-electron chi connectivity index (χ4n) is 2.86. The fraction of sp³-hybridized carbons (Fsp3) is 0.600. The van der Waals surface area contributed by atoms with E-state index >= 15 is 0 Å². The number of amides is 2. The van der Waals surface area contributed by atoms with Crippen LogP contribution in [0.15, 0.2) is 24.3 Å². The number of likely N-dealkylation sites (tertiary alicyclic amines) is 1. The summed E-state index contributed by atoms with van der Waals surface area (Å²) in [6.07, 6.45) is 1.05. The quantitative estimate of drug-likeness (QED) is 0.844. The SMILES string of the molecule is CCOCc1ccc(CNC(=O)C2CCCN2C(=O)OC(C)(C)C)cc1. The number of hydrogen-bond acceptors (Lipinski definition) is 4. The smallest absolute Gasteiger partial charge is 0.410 e. The fourth-order valence-corrected chi connectivity index (χ4v) is 2.86. The van der Waals surface area contributed by atoms with Crippen molar-refractivity contribution in [3.05, 3.63) is 35.4 Å². The number of hydrogen-bond donors (Lipinski definition) is 1. The largest absolute Gasteiger partial charge is 0.444 e. The third kappa shape index (κ3) is 6.02. The molecule has 1 atom stereocenters. The number of carbonyl (C=O) groups excluding carboxylic acids is 2. The van der Waals surface area contributed by atoms with Gasteiger partial charge in [-0.25, -0.2) is 4.79 Å². The Kier molecular flexibility index (Phi) is 7.03. The van der Waals surface area contributed by atoms with Gasteiger partial charge in [0.25, 0.3) is 0 Å². The maximum absolute atomic E-state index is 12.5. The molecule has 1 saturated heterocycles. The molecule has 0 radical (unpaired) electrons. The predicted octanol–water partition coefficient (Wildman–Crippen LogP) is 3.24. The summed E-state index contributed by atoms with van der Waals surface area (Å²) in [5.74, 6) is -0.133. The lowest BCUT2D eigenvalue weighted by molar-refractivity contribution is -0.125. The van der Waals surface area contributed by atoms with Gasteiger partial charge in [-0.1, -0.05) is 24.3 Å². The van der Waals surface area contributed by atoms with Crippen molar-refractivity contribution in [1.82, 2.24) is 10.2 Å². The average molecular weight is 362 g/mol. The van der Waals surface area contributed by atoms with E-state index in [9.17, 15) is 9.59 Å². The predicted molar refractivity (Wildman–Crippen MR) is 99.6 cm³/mol. The van der Waals surface area contributed by atoms with Crippen LogP contribution < -0.4 is 5.32 Å². The van der Waals surface area contributed by atoms with Crippen LogP contribution in [0.25, 0.3) is 0 Å². The molecule has 1 unspecified atom stereocenters. The maximum atomic E-state index is 12.5. The lowest BCUT2D eigenvalue weighted by Crippen LogP contribution is -2.47. The molecule has 1 heterocycles. The topological polar surface area (TPSA) is 67.9 Å². The van der Waals surface area contributed by atoms with Crippen molar-refractivity contribution >= 4 is 12.0 Å². The first-order chi connectivity index (χ1) is 12.3. The highest BCUT2D eigenvalue weighted by atomic mass is 16.6. The number of nitrogens with zero attached hydrogens (tertiary/aromatic N) is 1. The Balaban J connectivity index is 1.87. The van der Waals surface area contributed by atoms with E-state index in [0.29, 0.717) is 32.7 Å². The van der Waals surface area contributed by atoms with Crippen LogP contribution in [0.5, 0.6) is 0 Å². The number of ether oxygens (including phenoxy) is 2. The molecule has 1 fully saturated rings. The molecule has 2 rings (SSSR count). The van der Waals surface area contributed by atoms with Crippen LogP contribution in [0.3, 0.4) is 0 Å². The maximum Gasteiger partial charge on any atom is 0.410 e. The molecule has 0 bridgehead atoms. The van der Waals surface area contributed by atoms with E-state index in [4.69, 9.17) is 9.47 Å². The Labute approximate surface area is 155 Å². The Morgan fingerprint density at radius 1 is 1.19 bits per heavy atom. The highest BCUT2D eigenvalue weighted by molar-refractivity contribution is 5.86. The van der Waals surface area contributed by atoms with Crippen molar-refractivity contribution in [2.24, 2.45) is 0 Å². The molecular weight excluding hydrogens is 332 g/mol. The zero-order chi connectivity index (χ0) is 19.2.